The molecule has 2 aromatic heterocycles. The van der Waals surface area contributed by atoms with Crippen molar-refractivity contribution in [2.24, 2.45) is 16.8 Å². The Labute approximate surface area is 165 Å². The summed E-state index contributed by atoms with van der Waals surface area (Å²) in [6.45, 7) is 8.14. The summed E-state index contributed by atoms with van der Waals surface area (Å²) in [7, 11) is 0. The van der Waals surface area contributed by atoms with E-state index in [0.717, 1.165) is 48.5 Å². The Morgan fingerprint density at radius 3 is 2.64 bits per heavy atom. The van der Waals surface area contributed by atoms with Gasteiger partial charge in [0.15, 0.2) is 5.84 Å². The molecule has 0 radical (unpaired) electrons. The van der Waals surface area contributed by atoms with Crippen LogP contribution in [-0.4, -0.2) is 55.7 Å². The molecular formula is C19H30N8O. The van der Waals surface area contributed by atoms with E-state index in [1.165, 1.54) is 0 Å². The van der Waals surface area contributed by atoms with Crippen molar-refractivity contribution in [1.29, 1.82) is 0 Å². The van der Waals surface area contributed by atoms with Gasteiger partial charge in [-0.25, -0.2) is 15.8 Å². The molecule has 0 amide bonds. The van der Waals surface area contributed by atoms with Gasteiger partial charge >= 0.3 is 0 Å². The van der Waals surface area contributed by atoms with Crippen LogP contribution >= 0.6 is 0 Å². The van der Waals surface area contributed by atoms with E-state index < -0.39 is 0 Å². The summed E-state index contributed by atoms with van der Waals surface area (Å²) in [5.74, 6) is 14.1. The molecule has 9 heteroatoms. The molecule has 1 saturated heterocycles. The van der Waals surface area contributed by atoms with E-state index in [-0.39, 0.29) is 11.5 Å². The van der Waals surface area contributed by atoms with Crippen molar-refractivity contribution in [2.45, 2.75) is 64.1 Å². The number of nitrogens with two attached hydrogens (primary N) is 2. The van der Waals surface area contributed by atoms with Gasteiger partial charge in [0, 0.05) is 30.7 Å². The highest BCUT2D eigenvalue weighted by Crippen LogP contribution is 2.31. The van der Waals surface area contributed by atoms with Crippen molar-refractivity contribution in [3.05, 3.63) is 18.1 Å². The zero-order valence-corrected chi connectivity index (χ0v) is 16.8. The van der Waals surface area contributed by atoms with Gasteiger partial charge in [0.1, 0.15) is 17.3 Å². The second-order valence-electron chi connectivity index (χ2n) is 8.87. The highest BCUT2D eigenvalue weighted by Gasteiger charge is 2.31. The number of aromatic nitrogens is 3. The maximum absolute atomic E-state index is 10.00. The minimum Gasteiger partial charge on any atom is -0.391 e. The molecule has 28 heavy (non-hydrogen) atoms. The van der Waals surface area contributed by atoms with E-state index in [0.29, 0.717) is 25.0 Å². The average Bonchev–Trinajstić information content (AvgIpc) is 3.29. The molecule has 0 spiro atoms. The summed E-state index contributed by atoms with van der Waals surface area (Å²) >= 11 is 0. The molecule has 4 rings (SSSR count). The first-order valence-corrected chi connectivity index (χ1v) is 9.89. The normalized spacial score (nSPS) is 21.0. The summed E-state index contributed by atoms with van der Waals surface area (Å²) in [5.41, 5.74) is 0.636. The number of nitrogens with zero attached hydrogens (tertiary/aromatic N) is 6. The Morgan fingerprint density at radius 2 is 2.07 bits per heavy atom. The lowest BCUT2D eigenvalue weighted by atomic mass is 9.95. The Bertz CT molecular complexity index is 895. The number of fused-ring (bicyclic) bond motifs is 1. The number of anilines is 1. The van der Waals surface area contributed by atoms with Crippen LogP contribution in [0.25, 0.3) is 11.0 Å². The van der Waals surface area contributed by atoms with Gasteiger partial charge in [0.2, 0.25) is 0 Å². The lowest BCUT2D eigenvalue weighted by molar-refractivity contribution is 0.198. The number of hydrazone groups is 1. The molecule has 1 aliphatic carbocycles. The summed E-state index contributed by atoms with van der Waals surface area (Å²) < 4.78 is 2.02. The van der Waals surface area contributed by atoms with Crippen LogP contribution in [0.3, 0.4) is 0 Å². The third-order valence-electron chi connectivity index (χ3n) is 5.43. The van der Waals surface area contributed by atoms with Gasteiger partial charge in [-0.1, -0.05) is 20.8 Å². The summed E-state index contributed by atoms with van der Waals surface area (Å²) in [6, 6.07) is 2.35. The van der Waals surface area contributed by atoms with Crippen LogP contribution in [0.15, 0.2) is 17.4 Å². The molecule has 1 aliphatic heterocycles. The van der Waals surface area contributed by atoms with Crippen molar-refractivity contribution in [1.82, 2.24) is 19.5 Å². The number of hydrogen-bond acceptors (Lipinski definition) is 7. The molecule has 2 aromatic rings. The van der Waals surface area contributed by atoms with Crippen LogP contribution in [0.5, 0.6) is 0 Å². The quantitative estimate of drug-likeness (QED) is 0.309. The molecule has 2 fully saturated rings. The number of β-amino-alcohol motifs (C(OH)–C–C–N with tert-alkyl or cyclic N) is 1. The molecule has 9 nitrogen and oxygen atoms in total. The van der Waals surface area contributed by atoms with Crippen molar-refractivity contribution in [3.63, 3.8) is 0 Å². The maximum Gasteiger partial charge on any atom is 0.158 e. The summed E-state index contributed by atoms with van der Waals surface area (Å²) in [4.78, 5) is 11.9. The van der Waals surface area contributed by atoms with Gasteiger partial charge in [-0.15, -0.1) is 0 Å². The second kappa shape index (κ2) is 6.89. The molecule has 3 heterocycles. The predicted octanol–water partition coefficient (Wildman–Crippen LogP) is 0.910. The first-order valence-electron chi connectivity index (χ1n) is 9.89. The standard InChI is InChI=1S/C19H30N8O/c1-19(2,3)18-22-16(25-8-6-13(28)10-25)14-7-9-26(17(14)23-18)11-15(24-20)27(21)12-4-5-12/h7,9,12-13,28H,4-6,8,10-11,20-21H2,1-3H3/b24-15-. The first-order chi connectivity index (χ1) is 13.3. The topological polar surface area (TPSA) is 122 Å². The molecule has 1 unspecified atom stereocenters. The Kier molecular flexibility index (Phi) is 4.67. The van der Waals surface area contributed by atoms with E-state index in [4.69, 9.17) is 21.7 Å². The Morgan fingerprint density at radius 1 is 1.32 bits per heavy atom. The molecule has 152 valence electrons. The zero-order chi connectivity index (χ0) is 20.1. The second-order valence-corrected chi connectivity index (χ2v) is 8.87. The van der Waals surface area contributed by atoms with Gasteiger partial charge in [0.25, 0.3) is 0 Å². The Hall–Kier alpha value is -2.39. The molecule has 1 atom stereocenters. The van der Waals surface area contributed by atoms with Crippen LogP contribution < -0.4 is 16.6 Å². The third-order valence-corrected chi connectivity index (χ3v) is 5.43. The van der Waals surface area contributed by atoms with Gasteiger partial charge in [0.05, 0.1) is 18.0 Å². The van der Waals surface area contributed by atoms with Crippen LogP contribution in [0.2, 0.25) is 0 Å². The molecule has 2 aliphatic rings. The van der Waals surface area contributed by atoms with E-state index in [9.17, 15) is 5.11 Å². The fourth-order valence-electron chi connectivity index (χ4n) is 3.59. The van der Waals surface area contributed by atoms with Crippen molar-refractivity contribution >= 4 is 22.7 Å². The fraction of sp³-hybridized carbons (Fsp3) is 0.632. The van der Waals surface area contributed by atoms with E-state index >= 15 is 0 Å². The fourth-order valence-corrected chi connectivity index (χ4v) is 3.59. The third kappa shape index (κ3) is 3.51. The lowest BCUT2D eigenvalue weighted by Crippen LogP contribution is -2.42. The molecule has 5 N–H and O–H groups in total. The SMILES string of the molecule is CC(C)(C)c1nc(N2CCC(O)C2)c2ccn(C/C(=N/N)N(N)C3CC3)c2n1. The van der Waals surface area contributed by atoms with Crippen LogP contribution in [0.1, 0.15) is 45.9 Å². The number of aliphatic hydroxyl groups is 1. The summed E-state index contributed by atoms with van der Waals surface area (Å²) in [6.07, 6.45) is 4.56. The van der Waals surface area contributed by atoms with E-state index in [2.05, 4.69) is 30.8 Å². The largest absolute Gasteiger partial charge is 0.391 e. The van der Waals surface area contributed by atoms with E-state index in [1.807, 2.05) is 16.8 Å². The van der Waals surface area contributed by atoms with Crippen LogP contribution in [0, 0.1) is 0 Å². The van der Waals surface area contributed by atoms with Gasteiger partial charge < -0.3 is 20.4 Å². The number of amidine groups is 1. The van der Waals surface area contributed by atoms with Crippen molar-refractivity contribution in [3.8, 4) is 0 Å². The monoisotopic (exact) mass is 386 g/mol. The minimum atomic E-state index is -0.314. The predicted molar refractivity (Wildman–Crippen MR) is 110 cm³/mol. The highest BCUT2D eigenvalue weighted by molar-refractivity contribution is 5.90. The minimum absolute atomic E-state index is 0.199. The lowest BCUT2D eigenvalue weighted by Gasteiger charge is -2.23. The number of hydrogen-bond donors (Lipinski definition) is 3. The molecule has 0 aromatic carbocycles. The molecule has 0 bridgehead atoms. The first kappa shape index (κ1) is 18.9. The van der Waals surface area contributed by atoms with Crippen molar-refractivity contribution < 1.29 is 5.11 Å². The van der Waals surface area contributed by atoms with Gasteiger partial charge in [-0.3, -0.25) is 5.01 Å². The Balaban J connectivity index is 1.76. The van der Waals surface area contributed by atoms with Gasteiger partial charge in [-0.2, -0.15) is 5.10 Å². The summed E-state index contributed by atoms with van der Waals surface area (Å²) in [5, 5.41) is 16.6. The molecule has 1 saturated carbocycles. The number of hydrazine groups is 1. The zero-order valence-electron chi connectivity index (χ0n) is 16.8. The number of aliphatic hydroxyl groups excluding tert-OH is 1. The average molecular weight is 387 g/mol. The highest BCUT2D eigenvalue weighted by atomic mass is 16.3. The van der Waals surface area contributed by atoms with E-state index in [1.54, 1.807) is 5.01 Å². The van der Waals surface area contributed by atoms with Crippen LogP contribution in [-0.2, 0) is 12.0 Å². The molecular weight excluding hydrogens is 356 g/mol. The number of rotatable bonds is 4. The van der Waals surface area contributed by atoms with Crippen molar-refractivity contribution in [2.75, 3.05) is 18.0 Å². The smallest absolute Gasteiger partial charge is 0.158 e. The van der Waals surface area contributed by atoms with Crippen LogP contribution in [0.4, 0.5) is 5.82 Å². The van der Waals surface area contributed by atoms with Gasteiger partial charge in [-0.05, 0) is 25.3 Å². The maximum atomic E-state index is 10.00.